The summed E-state index contributed by atoms with van der Waals surface area (Å²) in [6.45, 7) is 4.79. The molecule has 0 radical (unpaired) electrons. The molecule has 1 aromatic heterocycles. The predicted octanol–water partition coefficient (Wildman–Crippen LogP) is 1.17. The molecule has 2 unspecified atom stereocenters. The summed E-state index contributed by atoms with van der Waals surface area (Å²) in [6, 6.07) is 0. The molecule has 0 amide bonds. The highest BCUT2D eigenvalue weighted by Crippen LogP contribution is 2.08. The van der Waals surface area contributed by atoms with Gasteiger partial charge in [0.2, 0.25) is 5.89 Å². The van der Waals surface area contributed by atoms with Gasteiger partial charge in [-0.15, -0.1) is 0 Å². The van der Waals surface area contributed by atoms with Crippen molar-refractivity contribution < 1.29 is 9.26 Å². The standard InChI is InChI=1S/C11H21N3O2/c1-8(7-12)4-5-11-13-10(14-16-11)6-9(2)15-3/h8-9H,4-7,12H2,1-3H3. The second-order valence-corrected chi connectivity index (χ2v) is 4.23. The lowest BCUT2D eigenvalue weighted by Gasteiger charge is -2.04. The first kappa shape index (κ1) is 13.1. The van der Waals surface area contributed by atoms with Crippen LogP contribution in [0, 0.1) is 5.92 Å². The van der Waals surface area contributed by atoms with E-state index in [4.69, 9.17) is 15.0 Å². The van der Waals surface area contributed by atoms with E-state index in [1.807, 2.05) is 6.92 Å². The monoisotopic (exact) mass is 227 g/mol. The molecule has 0 bridgehead atoms. The van der Waals surface area contributed by atoms with Crippen molar-refractivity contribution in [3.05, 3.63) is 11.7 Å². The fourth-order valence-electron chi connectivity index (χ4n) is 1.30. The van der Waals surface area contributed by atoms with Gasteiger partial charge in [0, 0.05) is 20.0 Å². The van der Waals surface area contributed by atoms with Gasteiger partial charge in [-0.05, 0) is 25.8 Å². The van der Waals surface area contributed by atoms with Crippen LogP contribution in [-0.2, 0) is 17.6 Å². The lowest BCUT2D eigenvalue weighted by molar-refractivity contribution is 0.116. The van der Waals surface area contributed by atoms with Crippen molar-refractivity contribution in [1.82, 2.24) is 10.1 Å². The van der Waals surface area contributed by atoms with Gasteiger partial charge in [0.15, 0.2) is 5.82 Å². The number of aromatic nitrogens is 2. The average molecular weight is 227 g/mol. The fourth-order valence-corrected chi connectivity index (χ4v) is 1.30. The third-order valence-corrected chi connectivity index (χ3v) is 2.64. The van der Waals surface area contributed by atoms with E-state index in [-0.39, 0.29) is 6.10 Å². The first-order chi connectivity index (χ1) is 7.65. The second-order valence-electron chi connectivity index (χ2n) is 4.23. The Morgan fingerprint density at radius 2 is 2.19 bits per heavy atom. The number of aryl methyl sites for hydroxylation is 1. The van der Waals surface area contributed by atoms with Crippen molar-refractivity contribution in [3.63, 3.8) is 0 Å². The van der Waals surface area contributed by atoms with Crippen LogP contribution >= 0.6 is 0 Å². The van der Waals surface area contributed by atoms with Crippen LogP contribution in [0.4, 0.5) is 0 Å². The minimum atomic E-state index is 0.119. The van der Waals surface area contributed by atoms with E-state index in [2.05, 4.69) is 17.1 Å². The molecular weight excluding hydrogens is 206 g/mol. The van der Waals surface area contributed by atoms with E-state index in [1.165, 1.54) is 0 Å². The summed E-state index contributed by atoms with van der Waals surface area (Å²) in [5, 5.41) is 3.91. The first-order valence-electron chi connectivity index (χ1n) is 5.70. The second kappa shape index (κ2) is 6.60. The van der Waals surface area contributed by atoms with Gasteiger partial charge in [-0.1, -0.05) is 12.1 Å². The largest absolute Gasteiger partial charge is 0.381 e. The maximum absolute atomic E-state index is 5.54. The van der Waals surface area contributed by atoms with E-state index in [9.17, 15) is 0 Å². The molecule has 1 aromatic rings. The highest BCUT2D eigenvalue weighted by Gasteiger charge is 2.10. The summed E-state index contributed by atoms with van der Waals surface area (Å²) in [7, 11) is 1.68. The summed E-state index contributed by atoms with van der Waals surface area (Å²) in [6.07, 6.45) is 2.59. The molecule has 0 spiro atoms. The molecule has 0 saturated heterocycles. The Morgan fingerprint density at radius 3 is 2.81 bits per heavy atom. The lowest BCUT2D eigenvalue weighted by Crippen LogP contribution is -2.11. The van der Waals surface area contributed by atoms with E-state index in [0.29, 0.717) is 30.6 Å². The van der Waals surface area contributed by atoms with Crippen LogP contribution in [0.1, 0.15) is 32.0 Å². The number of rotatable bonds is 7. The molecule has 1 heterocycles. The molecule has 0 aliphatic carbocycles. The van der Waals surface area contributed by atoms with Gasteiger partial charge < -0.3 is 15.0 Å². The number of nitrogens with zero attached hydrogens (tertiary/aromatic N) is 2. The van der Waals surface area contributed by atoms with Gasteiger partial charge in [-0.25, -0.2) is 0 Å². The van der Waals surface area contributed by atoms with Crippen LogP contribution < -0.4 is 5.73 Å². The molecule has 0 aliphatic heterocycles. The molecule has 0 fully saturated rings. The maximum atomic E-state index is 5.54. The van der Waals surface area contributed by atoms with E-state index in [1.54, 1.807) is 7.11 Å². The SMILES string of the molecule is COC(C)Cc1noc(CCC(C)CN)n1. The number of hydrogen-bond acceptors (Lipinski definition) is 5. The van der Waals surface area contributed by atoms with Crippen LogP contribution in [0.3, 0.4) is 0 Å². The Kier molecular flexibility index (Phi) is 5.42. The molecule has 5 heteroatoms. The zero-order valence-electron chi connectivity index (χ0n) is 10.3. The Balaban J connectivity index is 2.39. The third kappa shape index (κ3) is 4.28. The Labute approximate surface area is 96.4 Å². The number of ether oxygens (including phenoxy) is 1. The van der Waals surface area contributed by atoms with Gasteiger partial charge in [0.05, 0.1) is 6.10 Å². The van der Waals surface area contributed by atoms with Crippen LogP contribution in [0.2, 0.25) is 0 Å². The van der Waals surface area contributed by atoms with Crippen LogP contribution in [0.25, 0.3) is 0 Å². The maximum Gasteiger partial charge on any atom is 0.226 e. The smallest absolute Gasteiger partial charge is 0.226 e. The number of methoxy groups -OCH3 is 1. The Morgan fingerprint density at radius 1 is 1.44 bits per heavy atom. The van der Waals surface area contributed by atoms with E-state index < -0.39 is 0 Å². The molecule has 2 atom stereocenters. The van der Waals surface area contributed by atoms with Gasteiger partial charge >= 0.3 is 0 Å². The highest BCUT2D eigenvalue weighted by molar-refractivity contribution is 4.88. The van der Waals surface area contributed by atoms with Crippen molar-refractivity contribution in [2.24, 2.45) is 11.7 Å². The van der Waals surface area contributed by atoms with Crippen LogP contribution in [-0.4, -0.2) is 29.9 Å². The summed E-state index contributed by atoms with van der Waals surface area (Å²) in [5.41, 5.74) is 5.54. The topological polar surface area (TPSA) is 74.2 Å². The fraction of sp³-hybridized carbons (Fsp3) is 0.818. The van der Waals surface area contributed by atoms with Crippen molar-refractivity contribution in [2.45, 2.75) is 39.2 Å². The molecule has 5 nitrogen and oxygen atoms in total. The quantitative estimate of drug-likeness (QED) is 0.757. The molecule has 0 aliphatic rings. The normalized spacial score (nSPS) is 15.0. The van der Waals surface area contributed by atoms with Gasteiger partial charge in [-0.2, -0.15) is 4.98 Å². The van der Waals surface area contributed by atoms with Crippen molar-refractivity contribution in [3.8, 4) is 0 Å². The van der Waals surface area contributed by atoms with Crippen molar-refractivity contribution in [1.29, 1.82) is 0 Å². The third-order valence-electron chi connectivity index (χ3n) is 2.64. The molecule has 1 rings (SSSR count). The Hall–Kier alpha value is -0.940. The summed E-state index contributed by atoms with van der Waals surface area (Å²) < 4.78 is 10.3. The molecular formula is C11H21N3O2. The minimum Gasteiger partial charge on any atom is -0.381 e. The van der Waals surface area contributed by atoms with E-state index >= 15 is 0 Å². The molecule has 0 aromatic carbocycles. The summed E-state index contributed by atoms with van der Waals surface area (Å²) >= 11 is 0. The first-order valence-corrected chi connectivity index (χ1v) is 5.70. The van der Waals surface area contributed by atoms with E-state index in [0.717, 1.165) is 12.8 Å². The number of hydrogen-bond donors (Lipinski definition) is 1. The molecule has 92 valence electrons. The lowest BCUT2D eigenvalue weighted by atomic mass is 10.1. The summed E-state index contributed by atoms with van der Waals surface area (Å²) in [5.74, 6) is 1.90. The van der Waals surface area contributed by atoms with Crippen LogP contribution in [0.5, 0.6) is 0 Å². The van der Waals surface area contributed by atoms with Gasteiger partial charge in [0.1, 0.15) is 0 Å². The zero-order chi connectivity index (χ0) is 12.0. The zero-order valence-corrected chi connectivity index (χ0v) is 10.3. The van der Waals surface area contributed by atoms with Crippen molar-refractivity contribution in [2.75, 3.05) is 13.7 Å². The van der Waals surface area contributed by atoms with Crippen LogP contribution in [0.15, 0.2) is 4.52 Å². The van der Waals surface area contributed by atoms with Gasteiger partial charge in [-0.3, -0.25) is 0 Å². The minimum absolute atomic E-state index is 0.119. The molecule has 16 heavy (non-hydrogen) atoms. The Bertz CT molecular complexity index is 301. The number of nitrogens with two attached hydrogens (primary N) is 1. The average Bonchev–Trinajstić information content (AvgIpc) is 2.73. The van der Waals surface area contributed by atoms with Crippen molar-refractivity contribution >= 4 is 0 Å². The van der Waals surface area contributed by atoms with Gasteiger partial charge in [0.25, 0.3) is 0 Å². The molecule has 2 N–H and O–H groups in total. The summed E-state index contributed by atoms with van der Waals surface area (Å²) in [4.78, 5) is 4.31. The highest BCUT2D eigenvalue weighted by atomic mass is 16.5. The predicted molar refractivity (Wildman–Crippen MR) is 61.0 cm³/mol. The molecule has 0 saturated carbocycles.